The van der Waals surface area contributed by atoms with Crippen molar-refractivity contribution in [3.63, 3.8) is 0 Å². The van der Waals surface area contributed by atoms with E-state index in [1.807, 2.05) is 6.92 Å². The lowest BCUT2D eigenvalue weighted by atomic mass is 10.00. The van der Waals surface area contributed by atoms with Crippen molar-refractivity contribution >= 4 is 51.5 Å². The van der Waals surface area contributed by atoms with Crippen molar-refractivity contribution in [2.75, 3.05) is 10.5 Å². The second-order valence-electron chi connectivity index (χ2n) is 7.42. The van der Waals surface area contributed by atoms with Crippen LogP contribution in [0, 0.1) is 11.6 Å². The molecule has 0 saturated heterocycles. The molecular formula is C24H18ClF2N3O3S. The van der Waals surface area contributed by atoms with E-state index in [1.54, 1.807) is 30.3 Å². The average Bonchev–Trinajstić information content (AvgIpc) is 3.19. The maximum Gasteiger partial charge on any atom is 0.219 e. The number of benzene rings is 2. The van der Waals surface area contributed by atoms with Crippen LogP contribution in [-0.2, 0) is 15.8 Å². The van der Waals surface area contributed by atoms with E-state index < -0.39 is 34.0 Å². The summed E-state index contributed by atoms with van der Waals surface area (Å²) in [6.45, 7) is 1.81. The number of anilines is 1. The topological polar surface area (TPSA) is 81.1 Å². The van der Waals surface area contributed by atoms with Gasteiger partial charge in [0.15, 0.2) is 5.82 Å². The van der Waals surface area contributed by atoms with Gasteiger partial charge in [-0.3, -0.25) is 14.2 Å². The van der Waals surface area contributed by atoms with Gasteiger partial charge in [0, 0.05) is 34.1 Å². The van der Waals surface area contributed by atoms with E-state index in [2.05, 4.69) is 9.71 Å². The number of hydrogen-bond donors (Lipinski definition) is 1. The molecule has 34 heavy (non-hydrogen) atoms. The predicted octanol–water partition coefficient (Wildman–Crippen LogP) is 5.39. The van der Waals surface area contributed by atoms with Gasteiger partial charge in [-0.2, -0.15) is 0 Å². The standard InChI is InChI=1S/C24H18ClF2N3O3S/c1-2-9-34(33)29-20-8-7-19(26)21(22(20)27)23(32)18-12-30(13-31)24-17(18)10-15(11-28-24)14-3-5-16(25)6-4-14/h3-8,10-13,29H,2,9H2,1H3. The minimum Gasteiger partial charge on any atom is -0.302 e. The number of rotatable bonds is 8. The van der Waals surface area contributed by atoms with Crippen LogP contribution in [0.1, 0.15) is 29.3 Å². The second kappa shape index (κ2) is 9.82. The second-order valence-corrected chi connectivity index (χ2v) is 9.16. The van der Waals surface area contributed by atoms with Gasteiger partial charge in [0.25, 0.3) is 0 Å². The molecule has 2 aromatic carbocycles. The van der Waals surface area contributed by atoms with Crippen molar-refractivity contribution < 1.29 is 22.6 Å². The van der Waals surface area contributed by atoms with Crippen LogP contribution in [0.15, 0.2) is 54.9 Å². The van der Waals surface area contributed by atoms with Crippen molar-refractivity contribution in [3.8, 4) is 11.1 Å². The molecule has 2 heterocycles. The van der Waals surface area contributed by atoms with Gasteiger partial charge in [-0.05, 0) is 42.3 Å². The number of fused-ring (bicyclic) bond motifs is 1. The highest BCUT2D eigenvalue weighted by Crippen LogP contribution is 2.30. The molecule has 0 fully saturated rings. The number of pyridine rings is 1. The number of carbonyl (C=O) groups excluding carboxylic acids is 2. The van der Waals surface area contributed by atoms with Crippen LogP contribution in [0.4, 0.5) is 14.5 Å². The summed E-state index contributed by atoms with van der Waals surface area (Å²) in [5, 5.41) is 0.788. The van der Waals surface area contributed by atoms with Gasteiger partial charge >= 0.3 is 0 Å². The highest BCUT2D eigenvalue weighted by atomic mass is 35.5. The fourth-order valence-corrected chi connectivity index (χ4v) is 4.53. The van der Waals surface area contributed by atoms with Gasteiger partial charge in [-0.25, -0.2) is 18.0 Å². The number of nitrogens with one attached hydrogen (secondary N) is 1. The first-order valence-corrected chi connectivity index (χ1v) is 11.9. The van der Waals surface area contributed by atoms with Crippen molar-refractivity contribution in [3.05, 3.63) is 82.6 Å². The van der Waals surface area contributed by atoms with Crippen LogP contribution in [0.25, 0.3) is 22.2 Å². The van der Waals surface area contributed by atoms with Crippen LogP contribution in [0.5, 0.6) is 0 Å². The molecule has 4 rings (SSSR count). The SMILES string of the molecule is CCCS(=O)Nc1ccc(F)c(C(=O)c2cn(C=O)c3ncc(-c4ccc(Cl)cc4)cc23)c1F. The Kier molecular flexibility index (Phi) is 6.85. The maximum absolute atomic E-state index is 15.2. The Balaban J connectivity index is 1.84. The van der Waals surface area contributed by atoms with Gasteiger partial charge in [0.05, 0.1) is 16.8 Å². The molecule has 0 amide bonds. The number of aromatic nitrogens is 2. The molecule has 0 bridgehead atoms. The first kappa shape index (κ1) is 23.7. The molecule has 0 aliphatic carbocycles. The molecular weight excluding hydrogens is 484 g/mol. The van der Waals surface area contributed by atoms with Gasteiger partial charge in [0.2, 0.25) is 12.2 Å². The first-order chi connectivity index (χ1) is 16.3. The minimum atomic E-state index is -1.59. The number of ketones is 1. The molecule has 10 heteroatoms. The van der Waals surface area contributed by atoms with E-state index in [1.165, 1.54) is 12.4 Å². The highest BCUT2D eigenvalue weighted by Gasteiger charge is 2.26. The van der Waals surface area contributed by atoms with Gasteiger partial charge < -0.3 is 4.72 Å². The molecule has 2 aromatic heterocycles. The van der Waals surface area contributed by atoms with Crippen LogP contribution in [0.3, 0.4) is 0 Å². The van der Waals surface area contributed by atoms with Crippen LogP contribution in [0.2, 0.25) is 5.02 Å². The van der Waals surface area contributed by atoms with Gasteiger partial charge in [-0.1, -0.05) is 30.7 Å². The fraction of sp³-hybridized carbons (Fsp3) is 0.125. The zero-order chi connectivity index (χ0) is 24.4. The number of nitrogens with zero attached hydrogens (tertiary/aromatic N) is 2. The summed E-state index contributed by atoms with van der Waals surface area (Å²) >= 11 is 5.94. The molecule has 0 spiro atoms. The molecule has 0 aliphatic rings. The summed E-state index contributed by atoms with van der Waals surface area (Å²) in [5.41, 5.74) is 0.354. The molecule has 0 saturated carbocycles. The van der Waals surface area contributed by atoms with Crippen molar-refractivity contribution in [2.45, 2.75) is 13.3 Å². The number of halogens is 3. The summed E-state index contributed by atoms with van der Waals surface area (Å²) < 4.78 is 45.4. The third-order valence-electron chi connectivity index (χ3n) is 5.14. The summed E-state index contributed by atoms with van der Waals surface area (Å²) in [4.78, 5) is 29.2. The Morgan fingerprint density at radius 2 is 1.91 bits per heavy atom. The van der Waals surface area contributed by atoms with Gasteiger partial charge in [0.1, 0.15) is 22.5 Å². The Bertz CT molecular complexity index is 1440. The normalized spacial score (nSPS) is 12.0. The smallest absolute Gasteiger partial charge is 0.219 e. The summed E-state index contributed by atoms with van der Waals surface area (Å²) in [6.07, 6.45) is 3.75. The quantitative estimate of drug-likeness (QED) is 0.259. The Hall–Kier alpha value is -3.43. The van der Waals surface area contributed by atoms with Crippen molar-refractivity contribution in [1.29, 1.82) is 0 Å². The average molecular weight is 502 g/mol. The third kappa shape index (κ3) is 4.49. The third-order valence-corrected chi connectivity index (χ3v) is 6.62. The first-order valence-electron chi connectivity index (χ1n) is 10.2. The monoisotopic (exact) mass is 501 g/mol. The largest absolute Gasteiger partial charge is 0.302 e. The molecule has 0 radical (unpaired) electrons. The molecule has 4 aromatic rings. The zero-order valence-corrected chi connectivity index (χ0v) is 19.4. The minimum absolute atomic E-state index is 0.102. The Morgan fingerprint density at radius 3 is 2.59 bits per heavy atom. The number of carbonyl (C=O) groups is 2. The van der Waals surface area contributed by atoms with E-state index in [4.69, 9.17) is 11.6 Å². The van der Waals surface area contributed by atoms with Crippen LogP contribution < -0.4 is 4.72 Å². The van der Waals surface area contributed by atoms with Crippen LogP contribution in [-0.4, -0.2) is 31.7 Å². The lowest BCUT2D eigenvalue weighted by molar-refractivity contribution is 0.103. The predicted molar refractivity (Wildman–Crippen MR) is 129 cm³/mol. The van der Waals surface area contributed by atoms with E-state index in [0.717, 1.165) is 22.3 Å². The summed E-state index contributed by atoms with van der Waals surface area (Å²) in [7, 11) is -1.59. The van der Waals surface area contributed by atoms with E-state index in [0.29, 0.717) is 23.4 Å². The highest BCUT2D eigenvalue weighted by molar-refractivity contribution is 7.86. The molecule has 1 unspecified atom stereocenters. The summed E-state index contributed by atoms with van der Waals surface area (Å²) in [6, 6.07) is 10.5. The Labute approximate surface area is 201 Å². The maximum atomic E-state index is 15.2. The van der Waals surface area contributed by atoms with E-state index in [9.17, 15) is 18.2 Å². The molecule has 174 valence electrons. The molecule has 1 atom stereocenters. The van der Waals surface area contributed by atoms with E-state index >= 15 is 4.39 Å². The summed E-state index contributed by atoms with van der Waals surface area (Å²) in [5.74, 6) is -2.96. The lowest BCUT2D eigenvalue weighted by Crippen LogP contribution is -2.13. The molecule has 6 nitrogen and oxygen atoms in total. The van der Waals surface area contributed by atoms with Crippen molar-refractivity contribution in [1.82, 2.24) is 9.55 Å². The fourth-order valence-electron chi connectivity index (χ4n) is 3.53. The molecule has 0 aliphatic heterocycles. The van der Waals surface area contributed by atoms with Gasteiger partial charge in [-0.15, -0.1) is 0 Å². The van der Waals surface area contributed by atoms with Crippen LogP contribution >= 0.6 is 11.6 Å². The van der Waals surface area contributed by atoms with Crippen molar-refractivity contribution in [2.24, 2.45) is 0 Å². The lowest BCUT2D eigenvalue weighted by Gasteiger charge is -2.10. The molecule has 1 N–H and O–H groups in total. The Morgan fingerprint density at radius 1 is 1.18 bits per heavy atom. The number of hydrogen-bond acceptors (Lipinski definition) is 4. The zero-order valence-electron chi connectivity index (χ0n) is 17.8. The van der Waals surface area contributed by atoms with E-state index in [-0.39, 0.29) is 28.0 Å².